The Morgan fingerprint density at radius 2 is 0.667 bits per heavy atom. The minimum atomic E-state index is 0.542. The molecule has 0 spiro atoms. The molecular formula is C24H56. The first kappa shape index (κ1) is 31.7. The molecule has 24 heavy (non-hydrogen) atoms. The van der Waals surface area contributed by atoms with Crippen LogP contribution in [0.3, 0.4) is 0 Å². The van der Waals surface area contributed by atoms with E-state index in [0.717, 1.165) is 23.7 Å². The molecule has 0 fully saturated rings. The monoisotopic (exact) mass is 344 g/mol. The average Bonchev–Trinajstić information content (AvgIpc) is 2.54. The van der Waals surface area contributed by atoms with Gasteiger partial charge in [0.25, 0.3) is 0 Å². The van der Waals surface area contributed by atoms with Crippen LogP contribution in [0.4, 0.5) is 0 Å². The molecule has 0 rings (SSSR count). The molecule has 0 N–H and O–H groups in total. The molecule has 152 valence electrons. The number of rotatable bonds is 5. The van der Waals surface area contributed by atoms with Gasteiger partial charge in [0.15, 0.2) is 0 Å². The van der Waals surface area contributed by atoms with Crippen LogP contribution in [0, 0.1) is 29.1 Å². The molecule has 0 aromatic heterocycles. The molecule has 0 nitrogen and oxygen atoms in total. The normalized spacial score (nSPS) is 10.8. The van der Waals surface area contributed by atoms with Crippen LogP contribution in [-0.2, 0) is 0 Å². The summed E-state index contributed by atoms with van der Waals surface area (Å²) < 4.78 is 0. The van der Waals surface area contributed by atoms with Crippen LogP contribution in [0.5, 0.6) is 0 Å². The molecular weight excluding hydrogens is 288 g/mol. The van der Waals surface area contributed by atoms with E-state index in [-0.39, 0.29) is 0 Å². The van der Waals surface area contributed by atoms with Crippen molar-refractivity contribution >= 4 is 0 Å². The zero-order valence-corrected chi connectivity index (χ0v) is 20.3. The Labute approximate surface area is 158 Å². The summed E-state index contributed by atoms with van der Waals surface area (Å²) in [5, 5.41) is 0. The molecule has 0 aliphatic carbocycles. The lowest BCUT2D eigenvalue weighted by Gasteiger charge is -2.12. The van der Waals surface area contributed by atoms with Crippen LogP contribution >= 0.6 is 0 Å². The summed E-state index contributed by atoms with van der Waals surface area (Å²) in [5.41, 5.74) is 0.542. The van der Waals surface area contributed by atoms with Crippen LogP contribution in [0.15, 0.2) is 0 Å². The molecule has 0 heterocycles. The maximum absolute atomic E-state index is 2.28. The highest BCUT2D eigenvalue weighted by molar-refractivity contribution is 4.55. The second kappa shape index (κ2) is 21.0. The second-order valence-electron chi connectivity index (χ2n) is 9.25. The molecule has 0 heteroatoms. The predicted octanol–water partition coefficient (Wildman–Crippen LogP) is 9.63. The van der Waals surface area contributed by atoms with Crippen LogP contribution in [-0.4, -0.2) is 0 Å². The Bertz CT molecular complexity index is 171. The van der Waals surface area contributed by atoms with Gasteiger partial charge in [-0.3, -0.25) is 0 Å². The maximum atomic E-state index is 2.28. The van der Waals surface area contributed by atoms with E-state index in [9.17, 15) is 0 Å². The first-order valence-electron chi connectivity index (χ1n) is 10.8. The van der Waals surface area contributed by atoms with E-state index in [0.29, 0.717) is 5.41 Å². The zero-order valence-electron chi connectivity index (χ0n) is 20.3. The van der Waals surface area contributed by atoms with Crippen molar-refractivity contribution in [3.8, 4) is 0 Å². The van der Waals surface area contributed by atoms with Gasteiger partial charge in [0, 0.05) is 0 Å². The van der Waals surface area contributed by atoms with Crippen molar-refractivity contribution in [2.45, 2.75) is 129 Å². The number of hydrogen-bond acceptors (Lipinski definition) is 0. The standard InChI is InChI=1S/4C6H14/c1-5-6(2,3)4;1-5(2)6(3)4;2*1-4-6(3)5-2/h5H2,1-4H3;5-6H,1-4H3;2*6H,4-5H2,1-3H3. The smallest absolute Gasteiger partial charge is 0.0385 e. The topological polar surface area (TPSA) is 0 Å². The molecule has 0 amide bonds. The van der Waals surface area contributed by atoms with Gasteiger partial charge in [-0.25, -0.2) is 0 Å². The molecule has 0 aromatic carbocycles. The molecule has 0 unspecified atom stereocenters. The molecule has 0 aliphatic rings. The van der Waals surface area contributed by atoms with Crippen LogP contribution in [0.25, 0.3) is 0 Å². The highest BCUT2D eigenvalue weighted by Gasteiger charge is 2.03. The lowest BCUT2D eigenvalue weighted by atomic mass is 9.94. The van der Waals surface area contributed by atoms with Crippen molar-refractivity contribution < 1.29 is 0 Å². The highest BCUT2D eigenvalue weighted by Crippen LogP contribution is 2.16. The van der Waals surface area contributed by atoms with E-state index < -0.39 is 0 Å². The summed E-state index contributed by atoms with van der Waals surface area (Å²) in [5.74, 6) is 3.57. The Balaban J connectivity index is -0.000000111. The molecule has 0 aromatic rings. The van der Waals surface area contributed by atoms with E-state index in [2.05, 4.69) is 96.9 Å². The van der Waals surface area contributed by atoms with Gasteiger partial charge in [0.2, 0.25) is 0 Å². The third-order valence-corrected chi connectivity index (χ3v) is 5.18. The Morgan fingerprint density at radius 3 is 0.667 bits per heavy atom. The van der Waals surface area contributed by atoms with E-state index in [1.807, 2.05) is 0 Å². The number of hydrogen-bond donors (Lipinski definition) is 0. The van der Waals surface area contributed by atoms with Gasteiger partial charge in [-0.2, -0.15) is 0 Å². The van der Waals surface area contributed by atoms with Crippen LogP contribution in [0.2, 0.25) is 0 Å². The fraction of sp³-hybridized carbons (Fsp3) is 1.00. The van der Waals surface area contributed by atoms with Gasteiger partial charge in [0.1, 0.15) is 0 Å². The van der Waals surface area contributed by atoms with E-state index >= 15 is 0 Å². The summed E-state index contributed by atoms with van der Waals surface area (Å²) in [6.07, 6.45) is 6.59. The van der Waals surface area contributed by atoms with Crippen molar-refractivity contribution in [2.24, 2.45) is 29.1 Å². The minimum absolute atomic E-state index is 0.542. The van der Waals surface area contributed by atoms with Crippen LogP contribution < -0.4 is 0 Å². The van der Waals surface area contributed by atoms with Gasteiger partial charge in [-0.05, 0) is 29.1 Å². The summed E-state index contributed by atoms with van der Waals surface area (Å²) in [6.45, 7) is 31.4. The Morgan fingerprint density at radius 1 is 0.500 bits per heavy atom. The molecule has 0 saturated heterocycles. The molecule has 0 bridgehead atoms. The van der Waals surface area contributed by atoms with E-state index in [4.69, 9.17) is 0 Å². The van der Waals surface area contributed by atoms with Gasteiger partial charge < -0.3 is 0 Å². The Hall–Kier alpha value is 0. The SMILES string of the molecule is CC(C)C(C)C.CCC(C)(C)C.CCC(C)CC.CCC(C)CC. The summed E-state index contributed by atoms with van der Waals surface area (Å²) in [6, 6.07) is 0. The van der Waals surface area contributed by atoms with Crippen molar-refractivity contribution in [3.05, 3.63) is 0 Å². The summed E-state index contributed by atoms with van der Waals surface area (Å²) in [4.78, 5) is 0. The summed E-state index contributed by atoms with van der Waals surface area (Å²) in [7, 11) is 0. The van der Waals surface area contributed by atoms with Crippen molar-refractivity contribution in [3.63, 3.8) is 0 Å². The fourth-order valence-corrected chi connectivity index (χ4v) is 0.577. The summed E-state index contributed by atoms with van der Waals surface area (Å²) >= 11 is 0. The molecule has 0 radical (unpaired) electrons. The molecule has 0 atom stereocenters. The van der Waals surface area contributed by atoms with Gasteiger partial charge >= 0.3 is 0 Å². The largest absolute Gasteiger partial charge is 0.0651 e. The molecule has 0 aliphatic heterocycles. The Kier molecular flexibility index (Phi) is 27.8. The first-order valence-corrected chi connectivity index (χ1v) is 10.8. The fourth-order valence-electron chi connectivity index (χ4n) is 0.577. The van der Waals surface area contributed by atoms with Crippen molar-refractivity contribution in [2.75, 3.05) is 0 Å². The van der Waals surface area contributed by atoms with E-state index in [1.165, 1.54) is 32.1 Å². The quantitative estimate of drug-likeness (QED) is 0.465. The lowest BCUT2D eigenvalue weighted by Crippen LogP contribution is -2.00. The van der Waals surface area contributed by atoms with Crippen molar-refractivity contribution in [1.82, 2.24) is 0 Å². The minimum Gasteiger partial charge on any atom is -0.0651 e. The molecule has 0 saturated carbocycles. The highest BCUT2D eigenvalue weighted by atomic mass is 14.1. The maximum Gasteiger partial charge on any atom is -0.0385 e. The van der Waals surface area contributed by atoms with Gasteiger partial charge in [0.05, 0.1) is 0 Å². The third-order valence-electron chi connectivity index (χ3n) is 5.18. The average molecular weight is 345 g/mol. The zero-order chi connectivity index (χ0) is 20.3. The van der Waals surface area contributed by atoms with Crippen molar-refractivity contribution in [1.29, 1.82) is 0 Å². The second-order valence-corrected chi connectivity index (χ2v) is 9.25. The first-order chi connectivity index (χ1) is 10.8. The third kappa shape index (κ3) is 43.1. The van der Waals surface area contributed by atoms with Gasteiger partial charge in [-0.1, -0.05) is 129 Å². The van der Waals surface area contributed by atoms with E-state index in [1.54, 1.807) is 0 Å². The lowest BCUT2D eigenvalue weighted by molar-refractivity contribution is 0.398. The predicted molar refractivity (Wildman–Crippen MR) is 119 cm³/mol. The van der Waals surface area contributed by atoms with Crippen LogP contribution in [0.1, 0.15) is 129 Å². The van der Waals surface area contributed by atoms with Gasteiger partial charge in [-0.15, -0.1) is 0 Å².